The molecule has 0 aliphatic heterocycles. The predicted molar refractivity (Wildman–Crippen MR) is 81.2 cm³/mol. The van der Waals surface area contributed by atoms with Crippen molar-refractivity contribution in [2.24, 2.45) is 0 Å². The summed E-state index contributed by atoms with van der Waals surface area (Å²) >= 11 is 1.14. The molecule has 0 saturated heterocycles. The van der Waals surface area contributed by atoms with Crippen LogP contribution in [0.3, 0.4) is 0 Å². The molecule has 1 heterocycles. The Balaban J connectivity index is 2.41. The lowest BCUT2D eigenvalue weighted by molar-refractivity contribution is 0.0991. The van der Waals surface area contributed by atoms with Gasteiger partial charge in [0.1, 0.15) is 9.46 Å². The van der Waals surface area contributed by atoms with Crippen molar-refractivity contribution in [3.8, 4) is 0 Å². The van der Waals surface area contributed by atoms with Crippen LogP contribution in [0.15, 0.2) is 39.9 Å². The standard InChI is InChI=1S/C15H16O3S2/c1-10-6-7-11(2)13(9-10)15(16)12(3)20(17,18)14-5-4-8-19-14/h4-9,12H,1-3H3. The lowest BCUT2D eigenvalue weighted by Gasteiger charge is -2.13. The Bertz CT molecular complexity index is 728. The summed E-state index contributed by atoms with van der Waals surface area (Å²) in [7, 11) is -3.60. The van der Waals surface area contributed by atoms with Crippen LogP contribution in [0.1, 0.15) is 28.4 Å². The van der Waals surface area contributed by atoms with E-state index in [2.05, 4.69) is 0 Å². The van der Waals surface area contributed by atoms with Crippen LogP contribution in [-0.4, -0.2) is 19.5 Å². The summed E-state index contributed by atoms with van der Waals surface area (Å²) in [5, 5.41) is 0.629. The van der Waals surface area contributed by atoms with Crippen LogP contribution >= 0.6 is 11.3 Å². The van der Waals surface area contributed by atoms with Crippen molar-refractivity contribution in [3.63, 3.8) is 0 Å². The topological polar surface area (TPSA) is 51.2 Å². The molecule has 1 aromatic carbocycles. The van der Waals surface area contributed by atoms with E-state index in [1.54, 1.807) is 17.5 Å². The van der Waals surface area contributed by atoms with E-state index < -0.39 is 15.1 Å². The van der Waals surface area contributed by atoms with Gasteiger partial charge >= 0.3 is 0 Å². The molecule has 20 heavy (non-hydrogen) atoms. The van der Waals surface area contributed by atoms with Gasteiger partial charge in [-0.2, -0.15) is 0 Å². The van der Waals surface area contributed by atoms with E-state index in [4.69, 9.17) is 0 Å². The highest BCUT2D eigenvalue weighted by Crippen LogP contribution is 2.24. The molecule has 5 heteroatoms. The third-order valence-electron chi connectivity index (χ3n) is 3.27. The van der Waals surface area contributed by atoms with E-state index in [1.807, 2.05) is 26.0 Å². The average molecular weight is 308 g/mol. The van der Waals surface area contributed by atoms with Crippen LogP contribution in [0.5, 0.6) is 0 Å². The normalized spacial score (nSPS) is 13.2. The molecule has 0 aliphatic rings. The van der Waals surface area contributed by atoms with E-state index in [1.165, 1.54) is 13.0 Å². The molecular weight excluding hydrogens is 292 g/mol. The third kappa shape index (κ3) is 2.69. The molecule has 1 aromatic heterocycles. The first-order chi connectivity index (χ1) is 9.34. The molecule has 0 radical (unpaired) electrons. The molecule has 2 aromatic rings. The van der Waals surface area contributed by atoms with Crippen molar-refractivity contribution in [2.75, 3.05) is 0 Å². The summed E-state index contributed by atoms with van der Waals surface area (Å²) in [6, 6.07) is 8.70. The van der Waals surface area contributed by atoms with Gasteiger partial charge in [-0.05, 0) is 43.8 Å². The number of ketones is 1. The fourth-order valence-corrected chi connectivity index (χ4v) is 4.57. The molecule has 0 N–H and O–H groups in total. The van der Waals surface area contributed by atoms with Crippen molar-refractivity contribution in [3.05, 3.63) is 52.4 Å². The minimum atomic E-state index is -3.60. The van der Waals surface area contributed by atoms with Crippen LogP contribution in [0.4, 0.5) is 0 Å². The summed E-state index contributed by atoms with van der Waals surface area (Å²) in [6.45, 7) is 5.16. The number of benzene rings is 1. The maximum Gasteiger partial charge on any atom is 0.197 e. The van der Waals surface area contributed by atoms with Crippen molar-refractivity contribution in [2.45, 2.75) is 30.2 Å². The van der Waals surface area contributed by atoms with E-state index in [0.717, 1.165) is 22.5 Å². The van der Waals surface area contributed by atoms with E-state index in [0.29, 0.717) is 5.56 Å². The van der Waals surface area contributed by atoms with Gasteiger partial charge in [-0.1, -0.05) is 23.8 Å². The zero-order chi connectivity index (χ0) is 14.9. The van der Waals surface area contributed by atoms with Gasteiger partial charge in [0.2, 0.25) is 0 Å². The van der Waals surface area contributed by atoms with Gasteiger partial charge in [-0.3, -0.25) is 4.79 Å². The second kappa shape index (κ2) is 5.50. The van der Waals surface area contributed by atoms with Crippen molar-refractivity contribution in [1.29, 1.82) is 0 Å². The first kappa shape index (κ1) is 14.9. The number of thiophene rings is 1. The number of hydrogen-bond acceptors (Lipinski definition) is 4. The number of carbonyl (C=O) groups is 1. The zero-order valence-corrected chi connectivity index (χ0v) is 13.2. The molecular formula is C15H16O3S2. The number of hydrogen-bond donors (Lipinski definition) is 0. The molecule has 0 fully saturated rings. The quantitative estimate of drug-likeness (QED) is 0.813. The van der Waals surface area contributed by atoms with E-state index in [-0.39, 0.29) is 9.99 Å². The Hall–Kier alpha value is -1.46. The maximum absolute atomic E-state index is 12.5. The van der Waals surface area contributed by atoms with Crippen LogP contribution in [0, 0.1) is 13.8 Å². The molecule has 1 atom stereocenters. The summed E-state index contributed by atoms with van der Waals surface area (Å²) in [6.07, 6.45) is 0. The van der Waals surface area contributed by atoms with Gasteiger partial charge in [0.05, 0.1) is 0 Å². The Morgan fingerprint density at radius 1 is 1.20 bits per heavy atom. The van der Waals surface area contributed by atoms with Crippen molar-refractivity contribution >= 4 is 27.0 Å². The van der Waals surface area contributed by atoms with E-state index >= 15 is 0 Å². The van der Waals surface area contributed by atoms with Crippen molar-refractivity contribution in [1.82, 2.24) is 0 Å². The maximum atomic E-state index is 12.5. The highest BCUT2D eigenvalue weighted by Gasteiger charge is 2.31. The predicted octanol–water partition coefficient (Wildman–Crippen LogP) is 3.41. The van der Waals surface area contributed by atoms with Crippen LogP contribution in [0.25, 0.3) is 0 Å². The van der Waals surface area contributed by atoms with Gasteiger partial charge in [0.15, 0.2) is 15.6 Å². The molecule has 0 saturated carbocycles. The molecule has 0 spiro atoms. The molecule has 0 amide bonds. The Morgan fingerprint density at radius 2 is 1.90 bits per heavy atom. The number of aryl methyl sites for hydroxylation is 2. The second-order valence-electron chi connectivity index (χ2n) is 4.80. The zero-order valence-electron chi connectivity index (χ0n) is 11.6. The molecule has 1 unspecified atom stereocenters. The number of carbonyl (C=O) groups excluding carboxylic acids is 1. The van der Waals surface area contributed by atoms with Crippen LogP contribution in [-0.2, 0) is 9.84 Å². The first-order valence-electron chi connectivity index (χ1n) is 6.23. The highest BCUT2D eigenvalue weighted by molar-refractivity contribution is 7.94. The van der Waals surface area contributed by atoms with Gasteiger partial charge < -0.3 is 0 Å². The minimum Gasteiger partial charge on any atom is -0.293 e. The summed E-state index contributed by atoms with van der Waals surface area (Å²) in [5.41, 5.74) is 2.23. The lowest BCUT2D eigenvalue weighted by atomic mass is 10.0. The van der Waals surface area contributed by atoms with Gasteiger partial charge in [0.25, 0.3) is 0 Å². The van der Waals surface area contributed by atoms with Gasteiger partial charge in [-0.25, -0.2) is 8.42 Å². The fourth-order valence-electron chi connectivity index (χ4n) is 1.96. The summed E-state index contributed by atoms with van der Waals surface area (Å²) < 4.78 is 25.0. The average Bonchev–Trinajstić information content (AvgIpc) is 2.94. The number of Topliss-reactive ketones (excluding diaryl/α,β-unsaturated/α-hetero) is 1. The number of sulfone groups is 1. The monoisotopic (exact) mass is 308 g/mol. The fraction of sp³-hybridized carbons (Fsp3) is 0.267. The van der Waals surface area contributed by atoms with Crippen LogP contribution < -0.4 is 0 Å². The largest absolute Gasteiger partial charge is 0.293 e. The lowest BCUT2D eigenvalue weighted by Crippen LogP contribution is -2.27. The molecule has 0 bridgehead atoms. The highest BCUT2D eigenvalue weighted by atomic mass is 32.2. The van der Waals surface area contributed by atoms with Crippen molar-refractivity contribution < 1.29 is 13.2 Å². The molecule has 2 rings (SSSR count). The third-order valence-corrected chi connectivity index (χ3v) is 6.76. The Morgan fingerprint density at radius 3 is 2.50 bits per heavy atom. The minimum absolute atomic E-state index is 0.239. The first-order valence-corrected chi connectivity index (χ1v) is 8.65. The Labute approximate surface area is 123 Å². The van der Waals surface area contributed by atoms with Crippen LogP contribution in [0.2, 0.25) is 0 Å². The molecule has 0 aliphatic carbocycles. The molecule has 3 nitrogen and oxygen atoms in total. The Kier molecular flexibility index (Phi) is 4.11. The smallest absolute Gasteiger partial charge is 0.197 e. The summed E-state index contributed by atoms with van der Waals surface area (Å²) in [4.78, 5) is 12.5. The number of rotatable bonds is 4. The van der Waals surface area contributed by atoms with Gasteiger partial charge in [-0.15, -0.1) is 11.3 Å². The van der Waals surface area contributed by atoms with Gasteiger partial charge in [0, 0.05) is 5.56 Å². The SMILES string of the molecule is Cc1ccc(C)c(C(=O)C(C)S(=O)(=O)c2cccs2)c1. The summed E-state index contributed by atoms with van der Waals surface area (Å²) in [5.74, 6) is -0.348. The molecule has 106 valence electrons. The van der Waals surface area contributed by atoms with E-state index in [9.17, 15) is 13.2 Å². The second-order valence-corrected chi connectivity index (χ2v) is 8.25.